The number of benzene rings is 5. The minimum atomic E-state index is -0.621. The molecule has 0 radical (unpaired) electrons. The first kappa shape index (κ1) is 41.6. The smallest absolute Gasteiger partial charge is 0.256 e. The highest BCUT2D eigenvalue weighted by atomic mass is 32.2. The van der Waals surface area contributed by atoms with Gasteiger partial charge in [0.15, 0.2) is 12.1 Å². The molecule has 1 aliphatic heterocycles. The molecule has 304 valence electrons. The van der Waals surface area contributed by atoms with Crippen LogP contribution in [0.15, 0.2) is 143 Å². The van der Waals surface area contributed by atoms with Crippen LogP contribution in [-0.2, 0) is 32.2 Å². The van der Waals surface area contributed by atoms with Crippen LogP contribution < -0.4 is 10.6 Å². The number of unbranched alkanes of at least 4 members (excludes halogenated alkanes) is 2. The maximum atomic E-state index is 12.5. The lowest BCUT2D eigenvalue weighted by Gasteiger charge is -2.41. The van der Waals surface area contributed by atoms with E-state index in [2.05, 4.69) is 54.0 Å². The van der Waals surface area contributed by atoms with Crippen molar-refractivity contribution in [2.24, 2.45) is 5.92 Å². The fourth-order valence-corrected chi connectivity index (χ4v) is 8.22. The van der Waals surface area contributed by atoms with Crippen molar-refractivity contribution < 1.29 is 28.6 Å². The number of amides is 2. The Balaban J connectivity index is 1.04. The number of carbonyl (C=O) groups is 2. The Morgan fingerprint density at radius 2 is 1.41 bits per heavy atom. The van der Waals surface area contributed by atoms with E-state index in [0.29, 0.717) is 30.5 Å². The van der Waals surface area contributed by atoms with Crippen LogP contribution in [0.4, 0.5) is 0 Å². The molecule has 0 bridgehead atoms. The van der Waals surface area contributed by atoms with E-state index in [9.17, 15) is 14.7 Å². The molecular formula is C49H51N3O6S. The fourth-order valence-electron chi connectivity index (χ4n) is 7.24. The van der Waals surface area contributed by atoms with Gasteiger partial charge in [0, 0.05) is 54.8 Å². The van der Waals surface area contributed by atoms with Crippen molar-refractivity contribution >= 4 is 23.6 Å². The SMILES string of the molecule is CC(=O)NCCCCCC(=O)NCc1cccc(-c2ccc(C3OC(CSc4nc(-c5ccccc5)c(-c5ccccc5)o4)C(C)C(c4ccc(CO)cc4)O3)cc2)c1. The molecule has 1 fully saturated rings. The summed E-state index contributed by atoms with van der Waals surface area (Å²) in [5.41, 5.74) is 8.64. The zero-order valence-electron chi connectivity index (χ0n) is 33.5. The number of rotatable bonds is 17. The number of aliphatic hydroxyl groups excluding tert-OH is 1. The lowest BCUT2D eigenvalue weighted by Crippen LogP contribution is -2.38. The fraction of sp³-hybridized carbons (Fsp3) is 0.286. The number of carbonyl (C=O) groups excluding carboxylic acids is 2. The molecular weight excluding hydrogens is 759 g/mol. The van der Waals surface area contributed by atoms with Crippen LogP contribution in [0.5, 0.6) is 0 Å². The number of nitrogens with zero attached hydrogens (tertiary/aromatic N) is 1. The van der Waals surface area contributed by atoms with E-state index in [0.717, 1.165) is 75.2 Å². The Hall–Kier alpha value is -5.52. The Morgan fingerprint density at radius 3 is 2.12 bits per heavy atom. The van der Waals surface area contributed by atoms with Crippen LogP contribution >= 0.6 is 11.8 Å². The summed E-state index contributed by atoms with van der Waals surface area (Å²) in [6, 6.07) is 44.6. The average molecular weight is 810 g/mol. The molecule has 0 spiro atoms. The highest BCUT2D eigenvalue weighted by Crippen LogP contribution is 2.44. The Kier molecular flexibility index (Phi) is 14.4. The van der Waals surface area contributed by atoms with Gasteiger partial charge in [0.2, 0.25) is 11.8 Å². The van der Waals surface area contributed by atoms with Crippen molar-refractivity contribution in [1.82, 2.24) is 15.6 Å². The van der Waals surface area contributed by atoms with Crippen LogP contribution in [0, 0.1) is 5.92 Å². The largest absolute Gasteiger partial charge is 0.431 e. The minimum absolute atomic E-state index is 0.00609. The topological polar surface area (TPSA) is 123 Å². The Morgan fingerprint density at radius 1 is 0.712 bits per heavy atom. The van der Waals surface area contributed by atoms with E-state index in [-0.39, 0.29) is 36.5 Å². The third-order valence-electron chi connectivity index (χ3n) is 10.6. The van der Waals surface area contributed by atoms with Gasteiger partial charge in [-0.2, -0.15) is 0 Å². The molecule has 2 heterocycles. The standard InChI is InChI=1S/C49H51N3O6S/c1-33-43(32-59-49-52-45(38-14-6-3-7-15-38)47(58-49)39-16-8-4-9-17-39)56-48(57-46(33)40-22-20-35(31-53)21-23-40)41-26-24-37(25-27-41)42-18-12-13-36(29-42)30-51-44(55)19-10-5-11-28-50-34(2)54/h3-4,6-9,12-18,20-27,29,33,43,46,48,53H,5,10-11,19,28,30-32H2,1-2H3,(H,50,54)(H,51,55). The first-order chi connectivity index (χ1) is 28.8. The zero-order valence-corrected chi connectivity index (χ0v) is 34.3. The number of hydrogen-bond donors (Lipinski definition) is 3. The van der Waals surface area contributed by atoms with Crippen molar-refractivity contribution in [1.29, 1.82) is 0 Å². The quantitative estimate of drug-likeness (QED) is 0.0615. The average Bonchev–Trinajstić information content (AvgIpc) is 3.72. The van der Waals surface area contributed by atoms with Crippen molar-refractivity contribution in [2.75, 3.05) is 12.3 Å². The van der Waals surface area contributed by atoms with Crippen LogP contribution in [0.25, 0.3) is 33.7 Å². The van der Waals surface area contributed by atoms with E-state index in [1.54, 1.807) is 0 Å². The maximum Gasteiger partial charge on any atom is 0.256 e. The normalized spacial score (nSPS) is 17.7. The van der Waals surface area contributed by atoms with Crippen LogP contribution in [-0.4, -0.2) is 40.3 Å². The Labute approximate surface area is 350 Å². The van der Waals surface area contributed by atoms with Crippen molar-refractivity contribution in [2.45, 2.75) is 76.4 Å². The van der Waals surface area contributed by atoms with Gasteiger partial charge in [-0.1, -0.05) is 153 Å². The van der Waals surface area contributed by atoms with Crippen LogP contribution in [0.3, 0.4) is 0 Å². The molecule has 10 heteroatoms. The van der Waals surface area contributed by atoms with E-state index in [4.69, 9.17) is 18.9 Å². The summed E-state index contributed by atoms with van der Waals surface area (Å²) >= 11 is 1.54. The number of ether oxygens (including phenoxy) is 2. The second kappa shape index (κ2) is 20.4. The van der Waals surface area contributed by atoms with E-state index in [1.165, 1.54) is 18.7 Å². The lowest BCUT2D eigenvalue weighted by molar-refractivity contribution is -0.268. The molecule has 7 rings (SSSR count). The van der Waals surface area contributed by atoms with Crippen molar-refractivity contribution in [3.8, 4) is 33.7 Å². The lowest BCUT2D eigenvalue weighted by atomic mass is 9.91. The van der Waals surface area contributed by atoms with Gasteiger partial charge in [-0.15, -0.1) is 0 Å². The summed E-state index contributed by atoms with van der Waals surface area (Å²) in [5.74, 6) is 1.31. The van der Waals surface area contributed by atoms with Crippen LogP contribution in [0.1, 0.15) is 74.2 Å². The molecule has 0 aliphatic carbocycles. The van der Waals surface area contributed by atoms with Gasteiger partial charge in [-0.25, -0.2) is 4.98 Å². The molecule has 4 atom stereocenters. The summed E-state index contributed by atoms with van der Waals surface area (Å²) in [4.78, 5) is 28.5. The second-order valence-electron chi connectivity index (χ2n) is 14.9. The molecule has 1 aromatic heterocycles. The number of hydrogen-bond acceptors (Lipinski definition) is 8. The summed E-state index contributed by atoms with van der Waals surface area (Å²) in [6.07, 6.45) is 1.92. The second-order valence-corrected chi connectivity index (χ2v) is 15.9. The van der Waals surface area contributed by atoms with Gasteiger partial charge < -0.3 is 29.6 Å². The van der Waals surface area contributed by atoms with Crippen LogP contribution in [0.2, 0.25) is 0 Å². The molecule has 59 heavy (non-hydrogen) atoms. The molecule has 6 aromatic rings. The van der Waals surface area contributed by atoms with Crippen molar-refractivity contribution in [3.05, 3.63) is 156 Å². The van der Waals surface area contributed by atoms with Crippen molar-refractivity contribution in [3.63, 3.8) is 0 Å². The molecule has 4 unspecified atom stereocenters. The van der Waals surface area contributed by atoms with Gasteiger partial charge in [-0.05, 0) is 46.7 Å². The molecule has 9 nitrogen and oxygen atoms in total. The number of aliphatic hydroxyl groups is 1. The molecule has 1 aliphatic rings. The Bertz CT molecular complexity index is 2210. The third kappa shape index (κ3) is 11.2. The number of nitrogens with one attached hydrogen (secondary N) is 2. The zero-order chi connectivity index (χ0) is 41.0. The summed E-state index contributed by atoms with van der Waals surface area (Å²) in [5, 5.41) is 16.1. The highest BCUT2D eigenvalue weighted by Gasteiger charge is 2.38. The highest BCUT2D eigenvalue weighted by molar-refractivity contribution is 7.99. The van der Waals surface area contributed by atoms with E-state index < -0.39 is 6.29 Å². The molecule has 3 N–H and O–H groups in total. The molecule has 1 saturated heterocycles. The molecule has 2 amide bonds. The summed E-state index contributed by atoms with van der Waals surface area (Å²) in [6.45, 7) is 4.74. The minimum Gasteiger partial charge on any atom is -0.431 e. The monoisotopic (exact) mass is 809 g/mol. The van der Waals surface area contributed by atoms with Gasteiger partial charge in [0.05, 0.1) is 18.8 Å². The predicted molar refractivity (Wildman–Crippen MR) is 232 cm³/mol. The number of oxazole rings is 1. The summed E-state index contributed by atoms with van der Waals surface area (Å²) < 4.78 is 20.0. The third-order valence-corrected chi connectivity index (χ3v) is 11.5. The number of aromatic nitrogens is 1. The van der Waals surface area contributed by atoms with Gasteiger partial charge in [0.25, 0.3) is 5.22 Å². The summed E-state index contributed by atoms with van der Waals surface area (Å²) in [7, 11) is 0. The maximum absolute atomic E-state index is 12.5. The molecule has 0 saturated carbocycles. The van der Waals surface area contributed by atoms with E-state index in [1.807, 2.05) is 97.1 Å². The van der Waals surface area contributed by atoms with Gasteiger partial charge >= 0.3 is 0 Å². The van der Waals surface area contributed by atoms with Gasteiger partial charge in [-0.3, -0.25) is 9.59 Å². The first-order valence-corrected chi connectivity index (χ1v) is 21.3. The first-order valence-electron chi connectivity index (χ1n) is 20.3. The predicted octanol–water partition coefficient (Wildman–Crippen LogP) is 10.1. The molecule has 5 aromatic carbocycles. The number of thioether (sulfide) groups is 1. The van der Waals surface area contributed by atoms with E-state index >= 15 is 0 Å². The van der Waals surface area contributed by atoms with Gasteiger partial charge in [0.1, 0.15) is 5.69 Å².